The number of unbranched alkanes of at least 4 members (excludes halogenated alkanes) is 3. The van der Waals surface area contributed by atoms with Crippen molar-refractivity contribution in [2.24, 2.45) is 0 Å². The summed E-state index contributed by atoms with van der Waals surface area (Å²) in [6.07, 6.45) is 16.2. The molecule has 4 heteroatoms. The molecule has 0 aliphatic carbocycles. The van der Waals surface area contributed by atoms with Crippen molar-refractivity contribution in [2.45, 2.75) is 129 Å². The third-order valence-electron chi connectivity index (χ3n) is 6.06. The van der Waals surface area contributed by atoms with Crippen LogP contribution in [0.5, 0.6) is 0 Å². The minimum atomic E-state index is -2.03. The van der Waals surface area contributed by atoms with Crippen molar-refractivity contribution in [2.75, 3.05) is 6.61 Å². The van der Waals surface area contributed by atoms with E-state index in [1.165, 1.54) is 43.0 Å². The van der Waals surface area contributed by atoms with Gasteiger partial charge in [-0.1, -0.05) is 0 Å². The Kier molecular flexibility index (Phi) is 15.0. The summed E-state index contributed by atoms with van der Waals surface area (Å²) in [4.78, 5) is 0. The zero-order valence-electron chi connectivity index (χ0n) is 19.5. The topological polar surface area (TPSA) is 27.7 Å². The Bertz CT molecular complexity index is 368. The molecular formula is C24H48O3Sn. The molecule has 1 aliphatic rings. The third-order valence-corrected chi connectivity index (χ3v) is 21.3. The molecule has 1 heterocycles. The zero-order valence-corrected chi connectivity index (χ0v) is 22.4. The molecule has 0 spiro atoms. The van der Waals surface area contributed by atoms with Crippen molar-refractivity contribution >= 4 is 18.4 Å². The Morgan fingerprint density at radius 2 is 1.39 bits per heavy atom. The fourth-order valence-electron chi connectivity index (χ4n) is 4.37. The molecule has 3 nitrogen and oxygen atoms in total. The quantitative estimate of drug-likeness (QED) is 0.123. The Balaban J connectivity index is 2.35. The van der Waals surface area contributed by atoms with E-state index in [1.807, 2.05) is 6.26 Å². The summed E-state index contributed by atoms with van der Waals surface area (Å²) in [5.41, 5.74) is 0. The van der Waals surface area contributed by atoms with E-state index in [-0.39, 0.29) is 6.29 Å². The molecular weight excluding hydrogens is 455 g/mol. The Morgan fingerprint density at radius 3 is 1.89 bits per heavy atom. The molecule has 0 radical (unpaired) electrons. The van der Waals surface area contributed by atoms with E-state index in [4.69, 9.17) is 14.2 Å². The van der Waals surface area contributed by atoms with Gasteiger partial charge in [0.2, 0.25) is 0 Å². The zero-order chi connectivity index (χ0) is 20.7. The molecule has 1 rings (SSSR count). The average molecular weight is 503 g/mol. The molecule has 0 unspecified atom stereocenters. The van der Waals surface area contributed by atoms with Gasteiger partial charge in [-0.05, 0) is 0 Å². The molecule has 0 aromatic rings. The summed E-state index contributed by atoms with van der Waals surface area (Å²) in [6.45, 7) is 12.1. The van der Waals surface area contributed by atoms with E-state index in [0.717, 1.165) is 25.9 Å². The van der Waals surface area contributed by atoms with E-state index in [1.54, 1.807) is 13.3 Å². The average Bonchev–Trinajstić information content (AvgIpc) is 2.67. The van der Waals surface area contributed by atoms with Gasteiger partial charge < -0.3 is 0 Å². The normalized spacial score (nSPS) is 23.4. The van der Waals surface area contributed by atoms with Gasteiger partial charge in [-0.2, -0.15) is 0 Å². The number of hydrogen-bond acceptors (Lipinski definition) is 3. The van der Waals surface area contributed by atoms with Crippen molar-refractivity contribution in [3.63, 3.8) is 0 Å². The van der Waals surface area contributed by atoms with Crippen LogP contribution in [-0.4, -0.2) is 43.5 Å². The van der Waals surface area contributed by atoms with Gasteiger partial charge in [-0.25, -0.2) is 0 Å². The number of rotatable bonds is 16. The standard InChI is InChI=1S/C12H21O3.3C4H9.Sn/c1-4-7-13-8-5-6-12-14-10(2)9-11(3)15-12;3*1-3-4-2;/h4,7,10-12H,1,5-6,8-9H2,2-3H3;3*1,3-4H2,2H3;/b7-4-;;;;/t10-,11-;;;;/m1..../s1. The van der Waals surface area contributed by atoms with E-state index in [0.29, 0.717) is 12.2 Å². The summed E-state index contributed by atoms with van der Waals surface area (Å²) in [7, 11) is 0. The Labute approximate surface area is 179 Å². The van der Waals surface area contributed by atoms with Gasteiger partial charge in [0.15, 0.2) is 0 Å². The molecule has 2 atom stereocenters. The maximum atomic E-state index is 5.85. The van der Waals surface area contributed by atoms with E-state index in [2.05, 4.69) is 40.7 Å². The Hall–Kier alpha value is 0.259. The molecule has 166 valence electrons. The molecule has 0 amide bonds. The van der Waals surface area contributed by atoms with E-state index >= 15 is 0 Å². The van der Waals surface area contributed by atoms with Crippen LogP contribution in [0.4, 0.5) is 0 Å². The van der Waals surface area contributed by atoms with Crippen molar-refractivity contribution < 1.29 is 14.2 Å². The molecule has 1 aliphatic heterocycles. The van der Waals surface area contributed by atoms with Crippen LogP contribution in [0.3, 0.4) is 0 Å². The van der Waals surface area contributed by atoms with E-state index in [9.17, 15) is 0 Å². The van der Waals surface area contributed by atoms with Gasteiger partial charge in [0.1, 0.15) is 0 Å². The molecule has 1 saturated heterocycles. The summed E-state index contributed by atoms with van der Waals surface area (Å²) in [5.74, 6) is 0. The van der Waals surface area contributed by atoms with Gasteiger partial charge >= 0.3 is 180 Å². The predicted octanol–water partition coefficient (Wildman–Crippen LogP) is 7.69. The summed E-state index contributed by atoms with van der Waals surface area (Å²) >= 11 is -2.03. The monoisotopic (exact) mass is 504 g/mol. The maximum absolute atomic E-state index is 5.85. The molecule has 1 fully saturated rings. The summed E-state index contributed by atoms with van der Waals surface area (Å²) in [6, 6.07) is 0. The second-order valence-corrected chi connectivity index (χ2v) is 23.0. The van der Waals surface area contributed by atoms with Gasteiger partial charge in [-0.3, -0.25) is 0 Å². The van der Waals surface area contributed by atoms with Gasteiger partial charge in [0.25, 0.3) is 0 Å². The summed E-state index contributed by atoms with van der Waals surface area (Å²) in [5, 5.41) is 0. The van der Waals surface area contributed by atoms with Crippen LogP contribution in [0, 0.1) is 0 Å². The van der Waals surface area contributed by atoms with E-state index < -0.39 is 18.4 Å². The van der Waals surface area contributed by atoms with Crippen LogP contribution >= 0.6 is 0 Å². The number of allylic oxidation sites excluding steroid dienone is 1. The van der Waals surface area contributed by atoms with Gasteiger partial charge in [0, 0.05) is 0 Å². The fourth-order valence-corrected chi connectivity index (χ4v) is 19.4. The minimum absolute atomic E-state index is 0.0488. The molecule has 0 bridgehead atoms. The first kappa shape index (κ1) is 26.3. The third kappa shape index (κ3) is 11.4. The number of hydrogen-bond donors (Lipinski definition) is 0. The van der Waals surface area contributed by atoms with Crippen LogP contribution in [0.25, 0.3) is 0 Å². The second kappa shape index (κ2) is 16.0. The molecule has 0 saturated carbocycles. The van der Waals surface area contributed by atoms with Crippen molar-refractivity contribution in [3.05, 3.63) is 12.3 Å². The Morgan fingerprint density at radius 1 is 0.857 bits per heavy atom. The first-order valence-electron chi connectivity index (χ1n) is 12.1. The predicted molar refractivity (Wildman–Crippen MR) is 124 cm³/mol. The first-order valence-corrected chi connectivity index (χ1v) is 20.2. The molecule has 0 N–H and O–H groups in total. The van der Waals surface area contributed by atoms with Crippen LogP contribution in [-0.2, 0) is 14.2 Å². The van der Waals surface area contributed by atoms with Crippen LogP contribution in [0.15, 0.2) is 12.3 Å². The van der Waals surface area contributed by atoms with Gasteiger partial charge in [-0.15, -0.1) is 0 Å². The van der Waals surface area contributed by atoms with Crippen LogP contribution in [0.2, 0.25) is 17.7 Å². The van der Waals surface area contributed by atoms with Crippen molar-refractivity contribution in [1.82, 2.24) is 0 Å². The fraction of sp³-hybridized carbons (Fsp3) is 0.917. The molecule has 28 heavy (non-hydrogen) atoms. The summed E-state index contributed by atoms with van der Waals surface area (Å²) < 4.78 is 23.6. The second-order valence-electron chi connectivity index (χ2n) is 8.96. The van der Waals surface area contributed by atoms with Crippen LogP contribution in [0.1, 0.15) is 92.4 Å². The number of ether oxygens (including phenoxy) is 3. The SMILES string of the molecule is CCC[CH2][Sn]([CH2]/C=C\OCCCC1O[C@H](C)C[C@@H](C)O1)([CH2]CCC)[CH2]CCC. The molecule has 0 aromatic heterocycles. The van der Waals surface area contributed by atoms with Crippen LogP contribution < -0.4 is 0 Å². The van der Waals surface area contributed by atoms with Gasteiger partial charge in [0.05, 0.1) is 0 Å². The van der Waals surface area contributed by atoms with Crippen molar-refractivity contribution in [3.8, 4) is 0 Å². The molecule has 0 aromatic carbocycles. The van der Waals surface area contributed by atoms with Crippen molar-refractivity contribution in [1.29, 1.82) is 0 Å². The first-order chi connectivity index (χ1) is 13.5.